The van der Waals surface area contributed by atoms with E-state index in [2.05, 4.69) is 17.1 Å². The molecule has 0 fully saturated rings. The Morgan fingerprint density at radius 2 is 2.12 bits per heavy atom. The van der Waals surface area contributed by atoms with Gasteiger partial charge in [-0.1, -0.05) is 17.8 Å². The Balaban J connectivity index is 1.95. The number of nitrogens with zero attached hydrogens (tertiary/aromatic N) is 2. The molecule has 0 atom stereocenters. The molecule has 0 bridgehead atoms. The molecule has 7 nitrogen and oxygen atoms in total. The van der Waals surface area contributed by atoms with Crippen LogP contribution in [0.2, 0.25) is 0 Å². The smallest absolute Gasteiger partial charge is 0.313 e. The minimum atomic E-state index is -0.736. The predicted molar refractivity (Wildman–Crippen MR) is 93.1 cm³/mol. The number of hydrogen-bond acceptors (Lipinski definition) is 5. The quantitative estimate of drug-likeness (QED) is 0.643. The van der Waals surface area contributed by atoms with Crippen LogP contribution >= 0.6 is 0 Å². The van der Waals surface area contributed by atoms with Crippen molar-refractivity contribution in [1.82, 2.24) is 10.1 Å². The molecule has 7 heteroatoms. The highest BCUT2D eigenvalue weighted by Crippen LogP contribution is 2.18. The predicted octanol–water partition coefficient (Wildman–Crippen LogP) is 2.54. The number of benzene rings is 1. The van der Waals surface area contributed by atoms with Crippen molar-refractivity contribution in [3.8, 4) is 5.75 Å². The largest absolute Gasteiger partial charge is 0.489 e. The first-order chi connectivity index (χ1) is 11.8. The van der Waals surface area contributed by atoms with Crippen molar-refractivity contribution in [2.24, 2.45) is 0 Å². The van der Waals surface area contributed by atoms with Crippen molar-refractivity contribution < 1.29 is 18.8 Å². The number of rotatable bonds is 6. The molecule has 0 aliphatic rings. The summed E-state index contributed by atoms with van der Waals surface area (Å²) in [5.41, 5.74) is 1.94. The molecule has 132 valence electrons. The van der Waals surface area contributed by atoms with E-state index in [4.69, 9.17) is 9.26 Å². The summed E-state index contributed by atoms with van der Waals surface area (Å²) in [5.74, 6) is -0.180. The van der Waals surface area contributed by atoms with Crippen LogP contribution in [-0.2, 0) is 16.1 Å². The lowest BCUT2D eigenvalue weighted by atomic mass is 10.3. The van der Waals surface area contributed by atoms with Crippen LogP contribution in [0.4, 0.5) is 5.69 Å². The maximum Gasteiger partial charge on any atom is 0.313 e. The van der Waals surface area contributed by atoms with E-state index in [1.807, 2.05) is 6.92 Å². The van der Waals surface area contributed by atoms with Crippen LogP contribution < -0.4 is 10.1 Å². The highest BCUT2D eigenvalue weighted by Gasteiger charge is 2.20. The summed E-state index contributed by atoms with van der Waals surface area (Å²) in [6.07, 6.45) is 0. The Morgan fingerprint density at radius 1 is 1.36 bits per heavy atom. The molecular formula is C18H21N3O4. The molecule has 1 aromatic heterocycles. The third-order valence-electron chi connectivity index (χ3n) is 3.19. The fourth-order valence-corrected chi connectivity index (χ4v) is 2.04. The maximum absolute atomic E-state index is 12.2. The van der Waals surface area contributed by atoms with Crippen molar-refractivity contribution in [2.45, 2.75) is 20.4 Å². The van der Waals surface area contributed by atoms with Crippen LogP contribution in [0.15, 0.2) is 47.0 Å². The topological polar surface area (TPSA) is 84.7 Å². The second kappa shape index (κ2) is 8.14. The molecule has 25 heavy (non-hydrogen) atoms. The minimum Gasteiger partial charge on any atom is -0.489 e. The van der Waals surface area contributed by atoms with Gasteiger partial charge >= 0.3 is 11.8 Å². The number of carbonyl (C=O) groups is 2. The van der Waals surface area contributed by atoms with Gasteiger partial charge in [-0.15, -0.1) is 0 Å². The van der Waals surface area contributed by atoms with Crippen LogP contribution in [0.25, 0.3) is 0 Å². The number of aryl methyl sites for hydroxylation is 1. The van der Waals surface area contributed by atoms with E-state index in [-0.39, 0.29) is 6.54 Å². The van der Waals surface area contributed by atoms with E-state index < -0.39 is 11.8 Å². The summed E-state index contributed by atoms with van der Waals surface area (Å²) in [5, 5.41) is 6.37. The second-order valence-electron chi connectivity index (χ2n) is 5.82. The summed E-state index contributed by atoms with van der Waals surface area (Å²) in [6.45, 7) is 7.95. The van der Waals surface area contributed by atoms with Crippen LogP contribution in [-0.4, -0.2) is 35.5 Å². The van der Waals surface area contributed by atoms with E-state index in [1.54, 1.807) is 37.3 Å². The van der Waals surface area contributed by atoms with Gasteiger partial charge in [-0.25, -0.2) is 0 Å². The third kappa shape index (κ3) is 5.49. The van der Waals surface area contributed by atoms with E-state index in [0.29, 0.717) is 29.5 Å². The molecule has 0 aliphatic heterocycles. The molecular weight excluding hydrogens is 322 g/mol. The highest BCUT2D eigenvalue weighted by molar-refractivity contribution is 6.39. The Hall–Kier alpha value is -3.09. The fraction of sp³-hybridized carbons (Fsp3) is 0.278. The lowest BCUT2D eigenvalue weighted by Crippen LogP contribution is -2.36. The highest BCUT2D eigenvalue weighted by atomic mass is 16.5. The van der Waals surface area contributed by atoms with Gasteiger partial charge in [0.05, 0.1) is 6.54 Å². The van der Waals surface area contributed by atoms with Gasteiger partial charge in [0, 0.05) is 24.9 Å². The number of nitrogens with one attached hydrogen (secondary N) is 1. The average Bonchev–Trinajstić information content (AvgIpc) is 2.97. The van der Waals surface area contributed by atoms with Crippen molar-refractivity contribution >= 4 is 17.5 Å². The lowest BCUT2D eigenvalue weighted by Gasteiger charge is -2.15. The molecule has 0 radical (unpaired) electrons. The number of carbonyl (C=O) groups excluding carboxylic acids is 2. The molecule has 0 aliphatic carbocycles. The van der Waals surface area contributed by atoms with Gasteiger partial charge < -0.3 is 19.5 Å². The van der Waals surface area contributed by atoms with Crippen LogP contribution in [0.3, 0.4) is 0 Å². The second-order valence-corrected chi connectivity index (χ2v) is 5.82. The molecule has 1 heterocycles. The number of ether oxygens (including phenoxy) is 1. The van der Waals surface area contributed by atoms with Gasteiger partial charge in [0.2, 0.25) is 0 Å². The molecule has 1 aromatic carbocycles. The van der Waals surface area contributed by atoms with Crippen molar-refractivity contribution in [3.05, 3.63) is 53.9 Å². The molecule has 2 aromatic rings. The van der Waals surface area contributed by atoms with Crippen LogP contribution in [0.1, 0.15) is 18.4 Å². The first-order valence-corrected chi connectivity index (χ1v) is 7.71. The zero-order chi connectivity index (χ0) is 18.4. The summed E-state index contributed by atoms with van der Waals surface area (Å²) >= 11 is 0. The Bertz CT molecular complexity index is 782. The average molecular weight is 343 g/mol. The van der Waals surface area contributed by atoms with Gasteiger partial charge in [0.1, 0.15) is 23.8 Å². The molecule has 2 amide bonds. The number of hydrogen-bond donors (Lipinski definition) is 1. The van der Waals surface area contributed by atoms with Crippen molar-refractivity contribution in [1.29, 1.82) is 0 Å². The Labute approximate surface area is 146 Å². The first kappa shape index (κ1) is 18.3. The Kier molecular flexibility index (Phi) is 5.94. The Morgan fingerprint density at radius 3 is 2.76 bits per heavy atom. The summed E-state index contributed by atoms with van der Waals surface area (Å²) in [7, 11) is 1.53. The molecule has 1 N–H and O–H groups in total. The van der Waals surface area contributed by atoms with Gasteiger partial charge in [0.25, 0.3) is 0 Å². The first-order valence-electron chi connectivity index (χ1n) is 7.71. The molecule has 0 saturated carbocycles. The number of aromatic nitrogens is 1. The monoisotopic (exact) mass is 343 g/mol. The fourth-order valence-electron chi connectivity index (χ4n) is 2.04. The maximum atomic E-state index is 12.2. The van der Waals surface area contributed by atoms with E-state index in [9.17, 15) is 9.59 Å². The minimum absolute atomic E-state index is 0.186. The third-order valence-corrected chi connectivity index (χ3v) is 3.19. The van der Waals surface area contributed by atoms with Crippen molar-refractivity contribution in [3.63, 3.8) is 0 Å². The molecule has 2 rings (SSSR count). The normalized spacial score (nSPS) is 10.2. The SMILES string of the molecule is C=C(C)COc1cccc(NC(=O)C(=O)N(C)Cc2cc(C)on2)c1. The standard InChI is InChI=1S/C18H21N3O4/c1-12(2)11-24-16-7-5-6-14(9-16)19-17(22)18(23)21(4)10-15-8-13(3)25-20-15/h5-9H,1,10-11H2,2-4H3,(H,19,22). The van der Waals surface area contributed by atoms with Crippen LogP contribution in [0, 0.1) is 6.92 Å². The zero-order valence-electron chi connectivity index (χ0n) is 14.5. The number of likely N-dealkylation sites (N-methyl/N-ethyl adjacent to an activating group) is 1. The van der Waals surface area contributed by atoms with E-state index in [0.717, 1.165) is 5.57 Å². The molecule has 0 unspecified atom stereocenters. The molecule has 0 spiro atoms. The lowest BCUT2D eigenvalue weighted by molar-refractivity contribution is -0.142. The van der Waals surface area contributed by atoms with E-state index in [1.165, 1.54) is 11.9 Å². The number of anilines is 1. The number of amides is 2. The van der Waals surface area contributed by atoms with Gasteiger partial charge in [-0.05, 0) is 31.6 Å². The summed E-state index contributed by atoms with van der Waals surface area (Å²) in [4.78, 5) is 25.6. The molecule has 0 saturated heterocycles. The van der Waals surface area contributed by atoms with Gasteiger partial charge in [-0.2, -0.15) is 0 Å². The summed E-state index contributed by atoms with van der Waals surface area (Å²) in [6, 6.07) is 8.54. The van der Waals surface area contributed by atoms with E-state index >= 15 is 0 Å². The van der Waals surface area contributed by atoms with Crippen LogP contribution in [0.5, 0.6) is 5.75 Å². The van der Waals surface area contributed by atoms with Crippen molar-refractivity contribution in [2.75, 3.05) is 19.0 Å². The zero-order valence-corrected chi connectivity index (χ0v) is 14.5. The summed E-state index contributed by atoms with van der Waals surface area (Å²) < 4.78 is 10.5. The van der Waals surface area contributed by atoms with Gasteiger partial charge in [-0.3, -0.25) is 9.59 Å². The van der Waals surface area contributed by atoms with Gasteiger partial charge in [0.15, 0.2) is 0 Å².